The number of fused-ring (bicyclic) bond motifs is 1. The largest absolute Gasteiger partial charge is 0.446 e. The number of nitriles is 1. The summed E-state index contributed by atoms with van der Waals surface area (Å²) in [6.07, 6.45) is 0.177. The predicted molar refractivity (Wildman–Crippen MR) is 121 cm³/mol. The molecule has 10 heteroatoms. The lowest BCUT2D eigenvalue weighted by atomic mass is 10.0. The first-order chi connectivity index (χ1) is 15.7. The summed E-state index contributed by atoms with van der Waals surface area (Å²) in [6, 6.07) is 18.7. The van der Waals surface area contributed by atoms with Crippen LogP contribution in [0.1, 0.15) is 5.56 Å². The highest BCUT2D eigenvalue weighted by atomic mass is 32.2. The molecule has 0 aliphatic heterocycles. The van der Waals surface area contributed by atoms with Crippen LogP contribution >= 0.6 is 11.8 Å². The summed E-state index contributed by atoms with van der Waals surface area (Å²) in [7, 11) is 0. The second kappa shape index (κ2) is 10.7. The second-order valence-electron chi connectivity index (χ2n) is 6.98. The van der Waals surface area contributed by atoms with Gasteiger partial charge in [0.25, 0.3) is 0 Å². The van der Waals surface area contributed by atoms with Crippen molar-refractivity contribution in [1.29, 1.82) is 5.26 Å². The van der Waals surface area contributed by atoms with Crippen LogP contribution in [0.3, 0.4) is 0 Å². The molecule has 0 bridgehead atoms. The van der Waals surface area contributed by atoms with E-state index >= 15 is 0 Å². The lowest BCUT2D eigenvalue weighted by Gasteiger charge is -2.19. The number of anilines is 1. The molecule has 0 saturated carbocycles. The van der Waals surface area contributed by atoms with Crippen molar-refractivity contribution in [2.75, 3.05) is 11.9 Å². The molecule has 3 amide bonds. The average Bonchev–Trinajstić information content (AvgIpc) is 2.77. The van der Waals surface area contributed by atoms with Crippen LogP contribution in [0.2, 0.25) is 0 Å². The quantitative estimate of drug-likeness (QED) is 0.339. The number of hydrogen-bond acceptors (Lipinski definition) is 4. The topological polar surface area (TPSA) is 94.0 Å². The maximum atomic E-state index is 12.5. The Labute approximate surface area is 192 Å². The molecule has 0 unspecified atom stereocenters. The zero-order chi connectivity index (χ0) is 23.8. The number of amides is 3. The number of benzene rings is 3. The van der Waals surface area contributed by atoms with Crippen LogP contribution in [-0.4, -0.2) is 30.0 Å². The van der Waals surface area contributed by atoms with Gasteiger partial charge in [-0.3, -0.25) is 4.79 Å². The van der Waals surface area contributed by atoms with E-state index in [1.54, 1.807) is 0 Å². The van der Waals surface area contributed by atoms with E-state index in [1.807, 2.05) is 48.5 Å². The molecule has 33 heavy (non-hydrogen) atoms. The smallest absolute Gasteiger partial charge is 0.341 e. The number of alkyl halides is 3. The SMILES string of the molecule is N#CCNC(=O)[C@H](Cc1ccc2ccccc2c1)NC(=O)Nc1ccc(SC(F)(F)F)cc1. The monoisotopic (exact) mass is 472 g/mol. The van der Waals surface area contributed by atoms with Crippen molar-refractivity contribution in [1.82, 2.24) is 10.6 Å². The van der Waals surface area contributed by atoms with Gasteiger partial charge in [-0.1, -0.05) is 42.5 Å². The Hall–Kier alpha value is -3.71. The summed E-state index contributed by atoms with van der Waals surface area (Å²) in [5, 5.41) is 18.3. The highest BCUT2D eigenvalue weighted by molar-refractivity contribution is 8.00. The third-order valence-corrected chi connectivity index (χ3v) is 5.30. The highest BCUT2D eigenvalue weighted by Crippen LogP contribution is 2.37. The lowest BCUT2D eigenvalue weighted by molar-refractivity contribution is -0.122. The number of nitrogens with zero attached hydrogens (tertiary/aromatic N) is 1. The molecule has 3 aromatic carbocycles. The van der Waals surface area contributed by atoms with Crippen LogP contribution in [0.15, 0.2) is 71.6 Å². The predicted octanol–water partition coefficient (Wildman–Crippen LogP) is 4.82. The number of rotatable bonds is 7. The number of urea groups is 1. The van der Waals surface area contributed by atoms with Crippen LogP contribution in [0, 0.1) is 11.3 Å². The summed E-state index contributed by atoms with van der Waals surface area (Å²) in [6.45, 7) is -0.214. The Balaban J connectivity index is 1.69. The van der Waals surface area contributed by atoms with E-state index in [0.717, 1.165) is 16.3 Å². The molecule has 0 spiro atoms. The van der Waals surface area contributed by atoms with E-state index in [2.05, 4.69) is 16.0 Å². The average molecular weight is 472 g/mol. The van der Waals surface area contributed by atoms with E-state index < -0.39 is 23.5 Å². The first-order valence-electron chi connectivity index (χ1n) is 9.79. The van der Waals surface area contributed by atoms with Crippen LogP contribution in [0.25, 0.3) is 10.8 Å². The third kappa shape index (κ3) is 7.43. The maximum Gasteiger partial charge on any atom is 0.446 e. The standard InChI is InChI=1S/C23H19F3N4O2S/c24-23(25,26)33-19-9-7-18(8-10-19)29-22(32)30-20(21(31)28-12-11-27)14-15-5-6-16-3-1-2-4-17(16)13-15/h1-10,13,20H,12,14H2,(H,28,31)(H2,29,30,32)/t20-/m0/s1. The summed E-state index contributed by atoms with van der Waals surface area (Å²) >= 11 is -0.255. The van der Waals surface area contributed by atoms with Crippen molar-refractivity contribution >= 4 is 40.2 Å². The molecule has 0 fully saturated rings. The number of hydrogen-bond donors (Lipinski definition) is 3. The second-order valence-corrected chi connectivity index (χ2v) is 8.12. The summed E-state index contributed by atoms with van der Waals surface area (Å²) in [5.74, 6) is -0.531. The number of carbonyl (C=O) groups excluding carboxylic acids is 2. The van der Waals surface area contributed by atoms with Gasteiger partial charge in [0.1, 0.15) is 12.6 Å². The molecule has 0 aliphatic rings. The Morgan fingerprint density at radius 3 is 2.36 bits per heavy atom. The minimum atomic E-state index is -4.40. The fraction of sp³-hybridized carbons (Fsp3) is 0.174. The molecule has 170 valence electrons. The summed E-state index contributed by atoms with van der Waals surface area (Å²) in [4.78, 5) is 25.0. The van der Waals surface area contributed by atoms with Crippen molar-refractivity contribution < 1.29 is 22.8 Å². The van der Waals surface area contributed by atoms with E-state index in [4.69, 9.17) is 5.26 Å². The number of carbonyl (C=O) groups is 2. The molecular formula is C23H19F3N4O2S. The first kappa shape index (κ1) is 23.9. The van der Waals surface area contributed by atoms with Gasteiger partial charge in [-0.15, -0.1) is 0 Å². The van der Waals surface area contributed by atoms with Crippen molar-refractivity contribution in [3.8, 4) is 6.07 Å². The van der Waals surface area contributed by atoms with Crippen molar-refractivity contribution in [2.45, 2.75) is 22.9 Å². The van der Waals surface area contributed by atoms with Gasteiger partial charge in [-0.05, 0) is 52.4 Å². The summed E-state index contributed by atoms with van der Waals surface area (Å²) in [5.41, 5.74) is -3.33. The number of halogens is 3. The van der Waals surface area contributed by atoms with Gasteiger partial charge in [-0.25, -0.2) is 4.79 Å². The molecule has 0 saturated heterocycles. The first-order valence-corrected chi connectivity index (χ1v) is 10.6. The molecule has 3 rings (SSSR count). The van der Waals surface area contributed by atoms with Gasteiger partial charge >= 0.3 is 11.5 Å². The van der Waals surface area contributed by atoms with Gasteiger partial charge < -0.3 is 16.0 Å². The van der Waals surface area contributed by atoms with E-state index in [-0.39, 0.29) is 35.3 Å². The Morgan fingerprint density at radius 2 is 1.70 bits per heavy atom. The van der Waals surface area contributed by atoms with Gasteiger partial charge in [0, 0.05) is 17.0 Å². The Bertz CT molecular complexity index is 1180. The fourth-order valence-electron chi connectivity index (χ4n) is 3.13. The molecular weight excluding hydrogens is 453 g/mol. The lowest BCUT2D eigenvalue weighted by Crippen LogP contribution is -2.49. The maximum absolute atomic E-state index is 12.5. The Morgan fingerprint density at radius 1 is 1.00 bits per heavy atom. The van der Waals surface area contributed by atoms with Crippen molar-refractivity contribution in [3.63, 3.8) is 0 Å². The third-order valence-electron chi connectivity index (χ3n) is 4.56. The molecule has 6 nitrogen and oxygen atoms in total. The molecule has 0 radical (unpaired) electrons. The molecule has 3 N–H and O–H groups in total. The minimum Gasteiger partial charge on any atom is -0.341 e. The van der Waals surface area contributed by atoms with E-state index in [1.165, 1.54) is 24.3 Å². The van der Waals surface area contributed by atoms with Gasteiger partial charge in [-0.2, -0.15) is 18.4 Å². The Kier molecular flexibility index (Phi) is 7.79. The fourth-order valence-corrected chi connectivity index (χ4v) is 3.67. The van der Waals surface area contributed by atoms with E-state index in [0.29, 0.717) is 0 Å². The molecule has 1 atom stereocenters. The van der Waals surface area contributed by atoms with Gasteiger partial charge in [0.2, 0.25) is 5.91 Å². The minimum absolute atomic E-state index is 0.0153. The highest BCUT2D eigenvalue weighted by Gasteiger charge is 2.29. The number of nitrogens with one attached hydrogen (secondary N) is 3. The molecule has 0 aromatic heterocycles. The number of thioether (sulfide) groups is 1. The van der Waals surface area contributed by atoms with Crippen molar-refractivity contribution in [3.05, 3.63) is 72.3 Å². The molecule has 3 aromatic rings. The summed E-state index contributed by atoms with van der Waals surface area (Å²) < 4.78 is 37.4. The van der Waals surface area contributed by atoms with Crippen LogP contribution in [0.5, 0.6) is 0 Å². The van der Waals surface area contributed by atoms with Crippen LogP contribution < -0.4 is 16.0 Å². The van der Waals surface area contributed by atoms with Gasteiger partial charge in [0.15, 0.2) is 0 Å². The molecule has 0 aliphatic carbocycles. The normalized spacial score (nSPS) is 11.9. The zero-order valence-corrected chi connectivity index (χ0v) is 18.0. The van der Waals surface area contributed by atoms with Gasteiger partial charge in [0.05, 0.1) is 6.07 Å². The van der Waals surface area contributed by atoms with Crippen molar-refractivity contribution in [2.24, 2.45) is 0 Å². The van der Waals surface area contributed by atoms with Crippen LogP contribution in [0.4, 0.5) is 23.7 Å². The zero-order valence-electron chi connectivity index (χ0n) is 17.1. The van der Waals surface area contributed by atoms with E-state index in [9.17, 15) is 22.8 Å². The van der Waals surface area contributed by atoms with Crippen LogP contribution in [-0.2, 0) is 11.2 Å². The molecule has 0 heterocycles.